The van der Waals surface area contributed by atoms with Crippen molar-refractivity contribution in [2.24, 2.45) is 0 Å². The number of nitrogens with zero attached hydrogens (tertiary/aromatic N) is 4. The number of fused-ring (bicyclic) bond motifs is 1. The van der Waals surface area contributed by atoms with Gasteiger partial charge in [-0.25, -0.2) is 9.78 Å². The van der Waals surface area contributed by atoms with E-state index in [0.29, 0.717) is 5.92 Å². The average molecular weight is 493 g/mol. The third kappa shape index (κ3) is 5.30. The van der Waals surface area contributed by atoms with E-state index in [9.17, 15) is 13.2 Å². The Labute approximate surface area is 180 Å². The van der Waals surface area contributed by atoms with Crippen LogP contribution in [0.1, 0.15) is 43.1 Å². The Morgan fingerprint density at radius 3 is 2.40 bits per heavy atom. The van der Waals surface area contributed by atoms with Crippen molar-refractivity contribution in [3.05, 3.63) is 28.5 Å². The van der Waals surface area contributed by atoms with Crippen molar-refractivity contribution in [2.45, 2.75) is 50.7 Å². The topological polar surface area (TPSA) is 80.0 Å². The number of piperidine rings is 1. The number of aromatic nitrogens is 3. The van der Waals surface area contributed by atoms with Gasteiger partial charge in [0.1, 0.15) is 15.9 Å². The largest absolute Gasteiger partial charge is 0.490 e. The van der Waals surface area contributed by atoms with Gasteiger partial charge in [-0.2, -0.15) is 13.2 Å². The first kappa shape index (κ1) is 23.0. The predicted octanol–water partition coefficient (Wildman–Crippen LogP) is 3.79. The predicted molar refractivity (Wildman–Crippen MR) is 107 cm³/mol. The number of halogens is 4. The fourth-order valence-corrected chi connectivity index (χ4v) is 4.69. The van der Waals surface area contributed by atoms with E-state index in [0.717, 1.165) is 35.1 Å². The van der Waals surface area contributed by atoms with Gasteiger partial charge in [0.05, 0.1) is 5.69 Å². The fraction of sp³-hybridized carbons (Fsp3) is 0.632. The molecule has 2 aromatic rings. The van der Waals surface area contributed by atoms with E-state index in [1.165, 1.54) is 44.6 Å². The summed E-state index contributed by atoms with van der Waals surface area (Å²) in [5.74, 6) is -1.04. The monoisotopic (exact) mass is 492 g/mol. The van der Waals surface area contributed by atoms with Gasteiger partial charge < -0.3 is 14.7 Å². The number of hydrogen-bond donors (Lipinski definition) is 1. The average Bonchev–Trinajstić information content (AvgIpc) is 3.06. The molecule has 0 aromatic carbocycles. The maximum atomic E-state index is 10.6. The van der Waals surface area contributed by atoms with Gasteiger partial charge in [-0.1, -0.05) is 0 Å². The van der Waals surface area contributed by atoms with Crippen LogP contribution in [0.4, 0.5) is 13.2 Å². The molecule has 2 aromatic heterocycles. The molecule has 0 spiro atoms. The first-order valence-corrected chi connectivity index (χ1v) is 10.6. The van der Waals surface area contributed by atoms with E-state index in [1.807, 2.05) is 19.3 Å². The van der Waals surface area contributed by atoms with Crippen LogP contribution in [0.2, 0.25) is 0 Å². The van der Waals surface area contributed by atoms with Crippen LogP contribution >= 0.6 is 15.9 Å². The number of likely N-dealkylation sites (tertiary alicyclic amines) is 1. The molecule has 2 saturated heterocycles. The molecular formula is C19H24BrF3N4O3. The Morgan fingerprint density at radius 1 is 1.23 bits per heavy atom. The zero-order valence-electron chi connectivity index (χ0n) is 16.5. The van der Waals surface area contributed by atoms with Gasteiger partial charge in [-0.05, 0) is 61.6 Å². The van der Waals surface area contributed by atoms with E-state index in [-0.39, 0.29) is 0 Å². The Bertz CT molecular complexity index is 876. The number of aryl methyl sites for hydroxylation is 1. The van der Waals surface area contributed by atoms with Crippen LogP contribution in [0, 0.1) is 6.92 Å². The van der Waals surface area contributed by atoms with Gasteiger partial charge >= 0.3 is 12.1 Å². The smallest absolute Gasteiger partial charge is 0.475 e. The third-order valence-corrected chi connectivity index (χ3v) is 6.12. The molecule has 7 nitrogen and oxygen atoms in total. The van der Waals surface area contributed by atoms with E-state index < -0.39 is 12.1 Å². The second-order valence-corrected chi connectivity index (χ2v) is 8.20. The summed E-state index contributed by atoms with van der Waals surface area (Å²) in [6.07, 6.45) is 3.58. The molecule has 166 valence electrons. The summed E-state index contributed by atoms with van der Waals surface area (Å²) in [5.41, 5.74) is 2.13. The second-order valence-electron chi connectivity index (χ2n) is 7.45. The highest BCUT2D eigenvalue weighted by Crippen LogP contribution is 2.32. The molecule has 0 radical (unpaired) electrons. The third-order valence-electron chi connectivity index (χ3n) is 5.57. The maximum absolute atomic E-state index is 10.6. The molecule has 2 aliphatic heterocycles. The number of carbonyl (C=O) groups is 1. The minimum absolute atomic E-state index is 0.534. The molecule has 0 bridgehead atoms. The lowest BCUT2D eigenvalue weighted by Crippen LogP contribution is -2.43. The molecule has 0 aliphatic carbocycles. The van der Waals surface area contributed by atoms with Gasteiger partial charge in [0, 0.05) is 37.6 Å². The Kier molecular flexibility index (Phi) is 7.35. The van der Waals surface area contributed by atoms with Crippen molar-refractivity contribution < 1.29 is 27.8 Å². The van der Waals surface area contributed by atoms with Crippen molar-refractivity contribution in [1.82, 2.24) is 19.3 Å². The second kappa shape index (κ2) is 9.61. The van der Waals surface area contributed by atoms with Crippen molar-refractivity contribution in [1.29, 1.82) is 0 Å². The summed E-state index contributed by atoms with van der Waals surface area (Å²) in [6, 6.07) is 0.722. The van der Waals surface area contributed by atoms with Gasteiger partial charge in [0.15, 0.2) is 0 Å². The Hall–Kier alpha value is -1.72. The molecule has 4 heterocycles. The van der Waals surface area contributed by atoms with Gasteiger partial charge in [-0.15, -0.1) is 0 Å². The van der Waals surface area contributed by atoms with Crippen molar-refractivity contribution >= 4 is 27.4 Å². The number of rotatable bonds is 2. The first-order chi connectivity index (χ1) is 14.2. The minimum Gasteiger partial charge on any atom is -0.475 e. The molecule has 2 aliphatic rings. The normalized spacial score (nSPS) is 19.5. The van der Waals surface area contributed by atoms with Gasteiger partial charge in [0.25, 0.3) is 0 Å². The van der Waals surface area contributed by atoms with Crippen molar-refractivity contribution in [3.8, 4) is 0 Å². The van der Waals surface area contributed by atoms with E-state index >= 15 is 0 Å². The molecule has 1 N–H and O–H groups in total. The zero-order valence-corrected chi connectivity index (χ0v) is 18.1. The number of carboxylic acids is 1. The number of carboxylic acid groups (broad SMARTS) is 1. The lowest BCUT2D eigenvalue weighted by atomic mass is 9.93. The summed E-state index contributed by atoms with van der Waals surface area (Å²) in [7, 11) is 0. The highest BCUT2D eigenvalue weighted by molar-refractivity contribution is 9.10. The van der Waals surface area contributed by atoms with Crippen LogP contribution in [0.3, 0.4) is 0 Å². The van der Waals surface area contributed by atoms with E-state index in [1.54, 1.807) is 0 Å². The Balaban J connectivity index is 0.000000318. The summed E-state index contributed by atoms with van der Waals surface area (Å²) in [4.78, 5) is 20.8. The summed E-state index contributed by atoms with van der Waals surface area (Å²) in [6.45, 7) is 6.24. The van der Waals surface area contributed by atoms with Crippen LogP contribution in [-0.2, 0) is 9.53 Å². The first-order valence-electron chi connectivity index (χ1n) is 9.79. The standard InChI is InChI=1S/C17H23BrN4O.C2HF3O2/c1-12-15-16(18)20-17(22(15)9-6-19-12)13-2-7-21(8-3-13)14-4-10-23-11-5-14;3-2(4,5)1(6)7/h6,9,13-14H,2-5,7-8,10-11H2,1H3;(H,6,7). The molecule has 2 fully saturated rings. The summed E-state index contributed by atoms with van der Waals surface area (Å²) >= 11 is 3.61. The number of aliphatic carboxylic acids is 1. The number of hydrogen-bond acceptors (Lipinski definition) is 5. The highest BCUT2D eigenvalue weighted by atomic mass is 79.9. The van der Waals surface area contributed by atoms with Crippen LogP contribution in [0.25, 0.3) is 5.52 Å². The van der Waals surface area contributed by atoms with Crippen LogP contribution in [-0.4, -0.2) is 68.9 Å². The van der Waals surface area contributed by atoms with Crippen molar-refractivity contribution in [2.75, 3.05) is 26.3 Å². The maximum Gasteiger partial charge on any atom is 0.490 e. The zero-order chi connectivity index (χ0) is 21.9. The molecule has 0 amide bonds. The van der Waals surface area contributed by atoms with Crippen molar-refractivity contribution in [3.63, 3.8) is 0 Å². The fourth-order valence-electron chi connectivity index (χ4n) is 4.03. The lowest BCUT2D eigenvalue weighted by molar-refractivity contribution is -0.192. The molecule has 30 heavy (non-hydrogen) atoms. The number of imidazole rings is 1. The molecule has 0 atom stereocenters. The van der Waals surface area contributed by atoms with Gasteiger partial charge in [-0.3, -0.25) is 9.38 Å². The molecule has 0 saturated carbocycles. The van der Waals surface area contributed by atoms with Crippen LogP contribution in [0.5, 0.6) is 0 Å². The van der Waals surface area contributed by atoms with Crippen LogP contribution < -0.4 is 0 Å². The van der Waals surface area contributed by atoms with E-state index in [4.69, 9.17) is 19.6 Å². The summed E-state index contributed by atoms with van der Waals surface area (Å²) in [5, 5.41) is 7.12. The SMILES string of the molecule is Cc1nccn2c(C3CCN(C4CCOCC4)CC3)nc(Br)c12.O=C(O)C(F)(F)F. The van der Waals surface area contributed by atoms with E-state index in [2.05, 4.69) is 30.2 Å². The highest BCUT2D eigenvalue weighted by Gasteiger charge is 2.38. The number of alkyl halides is 3. The van der Waals surface area contributed by atoms with Crippen LogP contribution in [0.15, 0.2) is 17.0 Å². The Morgan fingerprint density at radius 2 is 1.83 bits per heavy atom. The minimum atomic E-state index is -5.08. The number of ether oxygens (including phenoxy) is 1. The summed E-state index contributed by atoms with van der Waals surface area (Å²) < 4.78 is 40.4. The molecule has 0 unspecified atom stereocenters. The van der Waals surface area contributed by atoms with Gasteiger partial charge in [0.2, 0.25) is 0 Å². The molecule has 11 heteroatoms. The molecular weight excluding hydrogens is 469 g/mol. The lowest BCUT2D eigenvalue weighted by Gasteiger charge is -2.38. The quantitative estimate of drug-likeness (QED) is 0.686. The molecule has 4 rings (SSSR count).